The predicted octanol–water partition coefficient (Wildman–Crippen LogP) is 4.49. The van der Waals surface area contributed by atoms with Crippen LogP contribution in [-0.2, 0) is 13.0 Å². The molecule has 0 spiro atoms. The number of pyridine rings is 1. The number of hydrogen-bond acceptors (Lipinski definition) is 5. The Bertz CT molecular complexity index is 1390. The van der Waals surface area contributed by atoms with Crippen molar-refractivity contribution in [2.45, 2.75) is 39.8 Å². The maximum atomic E-state index is 13.2. The van der Waals surface area contributed by atoms with Gasteiger partial charge in [0.25, 0.3) is 11.8 Å². The first-order valence-electron chi connectivity index (χ1n) is 12.0. The molecule has 1 aromatic carbocycles. The summed E-state index contributed by atoms with van der Waals surface area (Å²) in [5.74, 6) is -0.179. The molecule has 3 aromatic rings. The van der Waals surface area contributed by atoms with Gasteiger partial charge >= 0.3 is 0 Å². The van der Waals surface area contributed by atoms with Gasteiger partial charge in [0.2, 0.25) is 0 Å². The Labute approximate surface area is 215 Å². The van der Waals surface area contributed by atoms with Crippen molar-refractivity contribution in [3.63, 3.8) is 0 Å². The number of aromatic nitrogens is 4. The van der Waals surface area contributed by atoms with E-state index < -0.39 is 0 Å². The topological polar surface area (TPSA) is 93.0 Å². The lowest BCUT2D eigenvalue weighted by atomic mass is 10.00. The highest BCUT2D eigenvalue weighted by Crippen LogP contribution is 2.21. The summed E-state index contributed by atoms with van der Waals surface area (Å²) in [5, 5.41) is 10.9. The molecule has 0 atom stereocenters. The van der Waals surface area contributed by atoms with Crippen LogP contribution in [0.5, 0.6) is 0 Å². The van der Waals surface area contributed by atoms with Crippen LogP contribution in [0.2, 0.25) is 0 Å². The third kappa shape index (κ3) is 6.06. The zero-order valence-corrected chi connectivity index (χ0v) is 21.1. The van der Waals surface area contributed by atoms with Crippen LogP contribution in [0.4, 0.5) is 4.39 Å². The van der Waals surface area contributed by atoms with E-state index in [0.29, 0.717) is 30.8 Å². The Morgan fingerprint density at radius 2 is 1.95 bits per heavy atom. The molecule has 2 amide bonds. The van der Waals surface area contributed by atoms with Gasteiger partial charge in [-0.15, -0.1) is 10.2 Å². The molecular weight excluding hydrogens is 471 g/mol. The maximum Gasteiger partial charge on any atom is 0.274 e. The molecule has 0 saturated carbocycles. The van der Waals surface area contributed by atoms with E-state index >= 15 is 0 Å². The van der Waals surface area contributed by atoms with E-state index in [4.69, 9.17) is 0 Å². The molecule has 0 bridgehead atoms. The third-order valence-electron chi connectivity index (χ3n) is 6.11. The molecule has 2 aromatic heterocycles. The fraction of sp³-hybridized carbons (Fsp3) is 0.250. The first-order valence-corrected chi connectivity index (χ1v) is 12.0. The van der Waals surface area contributed by atoms with Gasteiger partial charge in [-0.1, -0.05) is 18.7 Å². The summed E-state index contributed by atoms with van der Waals surface area (Å²) in [5.41, 5.74) is 3.85. The molecule has 4 rings (SSSR count). The molecule has 0 radical (unpaired) electrons. The van der Waals surface area contributed by atoms with Crippen LogP contribution < -0.4 is 5.32 Å². The average Bonchev–Trinajstić information content (AvgIpc) is 3.39. The van der Waals surface area contributed by atoms with Gasteiger partial charge in [-0.3, -0.25) is 14.6 Å². The normalized spacial score (nSPS) is 13.6. The molecule has 1 aliphatic rings. The molecule has 3 heterocycles. The molecule has 8 nitrogen and oxygen atoms in total. The Morgan fingerprint density at radius 3 is 2.68 bits per heavy atom. The minimum atomic E-state index is -0.389. The molecule has 9 heteroatoms. The summed E-state index contributed by atoms with van der Waals surface area (Å²) >= 11 is 0. The molecule has 190 valence electrons. The van der Waals surface area contributed by atoms with E-state index in [2.05, 4.69) is 40.9 Å². The number of nitrogens with zero attached hydrogens (tertiary/aromatic N) is 5. The van der Waals surface area contributed by atoms with Crippen LogP contribution in [0, 0.1) is 5.82 Å². The second kappa shape index (κ2) is 11.1. The third-order valence-corrected chi connectivity index (χ3v) is 6.11. The number of rotatable bonds is 7. The number of nitrogens with one attached hydrogen (secondary N) is 1. The van der Waals surface area contributed by atoms with E-state index in [-0.39, 0.29) is 29.4 Å². The first kappa shape index (κ1) is 25.7. The summed E-state index contributed by atoms with van der Waals surface area (Å²) in [6, 6.07) is 7.44. The summed E-state index contributed by atoms with van der Waals surface area (Å²) in [6.07, 6.45) is 9.37. The van der Waals surface area contributed by atoms with E-state index in [0.717, 1.165) is 22.5 Å². The summed E-state index contributed by atoms with van der Waals surface area (Å²) in [7, 11) is 0. The monoisotopic (exact) mass is 500 g/mol. The van der Waals surface area contributed by atoms with Crippen LogP contribution in [0.3, 0.4) is 0 Å². The van der Waals surface area contributed by atoms with Crippen LogP contribution in [0.25, 0.3) is 5.57 Å². The highest BCUT2D eigenvalue weighted by Gasteiger charge is 2.23. The van der Waals surface area contributed by atoms with Gasteiger partial charge in [-0.25, -0.2) is 4.39 Å². The number of amides is 2. The molecule has 37 heavy (non-hydrogen) atoms. The van der Waals surface area contributed by atoms with Crippen LogP contribution >= 0.6 is 0 Å². The Balaban J connectivity index is 1.39. The molecule has 0 fully saturated rings. The highest BCUT2D eigenvalue weighted by molar-refractivity contribution is 5.95. The fourth-order valence-corrected chi connectivity index (χ4v) is 4.05. The number of carbonyl (C=O) groups excluding carboxylic acids is 2. The fourth-order valence-electron chi connectivity index (χ4n) is 4.05. The summed E-state index contributed by atoms with van der Waals surface area (Å²) in [4.78, 5) is 31.6. The SMILES string of the molecule is C=C(/C=C\C=C(/C)c1nncn1C(C)C)NC(=O)c1cc2c(cn1)CCN(C(=O)c1ccc(F)cc1)C2. The number of hydrogen-bond donors (Lipinski definition) is 1. The van der Waals surface area contributed by atoms with Gasteiger partial charge in [0.15, 0.2) is 5.82 Å². The van der Waals surface area contributed by atoms with Gasteiger partial charge in [0, 0.05) is 36.6 Å². The van der Waals surface area contributed by atoms with E-state index in [9.17, 15) is 14.0 Å². The molecule has 0 aliphatic carbocycles. The largest absolute Gasteiger partial charge is 0.334 e. The number of carbonyl (C=O) groups is 2. The highest BCUT2D eigenvalue weighted by atomic mass is 19.1. The average molecular weight is 501 g/mol. The van der Waals surface area contributed by atoms with Gasteiger partial charge in [0.1, 0.15) is 17.8 Å². The minimum Gasteiger partial charge on any atom is -0.334 e. The lowest BCUT2D eigenvalue weighted by molar-refractivity contribution is 0.0734. The lowest BCUT2D eigenvalue weighted by Gasteiger charge is -2.29. The number of allylic oxidation sites excluding steroid dienone is 4. The molecule has 1 aliphatic heterocycles. The van der Waals surface area contributed by atoms with Gasteiger partial charge in [-0.05, 0) is 80.3 Å². The van der Waals surface area contributed by atoms with Crippen molar-refractivity contribution >= 4 is 17.4 Å². The van der Waals surface area contributed by atoms with Crippen LogP contribution in [0.1, 0.15) is 64.6 Å². The van der Waals surface area contributed by atoms with Crippen molar-refractivity contribution < 1.29 is 14.0 Å². The summed E-state index contributed by atoms with van der Waals surface area (Å²) < 4.78 is 15.2. The van der Waals surface area contributed by atoms with Gasteiger partial charge in [-0.2, -0.15) is 0 Å². The Kier molecular flexibility index (Phi) is 7.71. The molecular formula is C28H29FN6O2. The second-order valence-corrected chi connectivity index (χ2v) is 9.17. The minimum absolute atomic E-state index is 0.179. The zero-order valence-electron chi connectivity index (χ0n) is 21.1. The Morgan fingerprint density at radius 1 is 1.19 bits per heavy atom. The first-order chi connectivity index (χ1) is 17.7. The van der Waals surface area contributed by atoms with Crippen molar-refractivity contribution in [2.24, 2.45) is 0 Å². The summed E-state index contributed by atoms with van der Waals surface area (Å²) in [6.45, 7) is 10.8. The predicted molar refractivity (Wildman–Crippen MR) is 139 cm³/mol. The van der Waals surface area contributed by atoms with Crippen molar-refractivity contribution in [1.82, 2.24) is 30.0 Å². The zero-order chi connectivity index (χ0) is 26.5. The van der Waals surface area contributed by atoms with E-state index in [1.807, 2.05) is 17.6 Å². The van der Waals surface area contributed by atoms with Crippen molar-refractivity contribution in [3.8, 4) is 0 Å². The van der Waals surface area contributed by atoms with E-state index in [1.54, 1.807) is 35.6 Å². The van der Waals surface area contributed by atoms with Gasteiger partial charge < -0.3 is 14.8 Å². The Hall–Kier alpha value is -4.40. The quantitative estimate of drug-likeness (QED) is 0.483. The molecule has 1 N–H and O–H groups in total. The number of halogens is 1. The van der Waals surface area contributed by atoms with Crippen molar-refractivity contribution in [2.75, 3.05) is 6.54 Å². The van der Waals surface area contributed by atoms with Crippen molar-refractivity contribution in [1.29, 1.82) is 0 Å². The maximum absolute atomic E-state index is 13.2. The standard InChI is InChI=1S/C28H29FN6O2/c1-18(2)35-17-31-33-26(35)19(3)6-5-7-20(4)32-27(36)25-14-23-16-34(13-12-22(23)15-30-25)28(37)21-8-10-24(29)11-9-21/h5-11,14-15,17-18H,4,12-13,16H2,1-3H3,(H,32,36)/b7-5-,19-6+. The van der Waals surface area contributed by atoms with E-state index in [1.165, 1.54) is 24.3 Å². The van der Waals surface area contributed by atoms with Crippen molar-refractivity contribution in [3.05, 3.63) is 107 Å². The smallest absolute Gasteiger partial charge is 0.274 e. The number of benzene rings is 1. The van der Waals surface area contributed by atoms with Gasteiger partial charge in [0.05, 0.1) is 0 Å². The molecule has 0 unspecified atom stereocenters. The second-order valence-electron chi connectivity index (χ2n) is 9.17. The number of fused-ring (bicyclic) bond motifs is 1. The molecule has 0 saturated heterocycles. The lowest BCUT2D eigenvalue weighted by Crippen LogP contribution is -2.36. The van der Waals surface area contributed by atoms with Crippen LogP contribution in [0.15, 0.2) is 73.4 Å². The van der Waals surface area contributed by atoms with Crippen LogP contribution in [-0.4, -0.2) is 43.0 Å².